The normalized spacial score (nSPS) is 13.1. The molecule has 0 spiro atoms. The maximum absolute atomic E-state index is 5.83. The highest BCUT2D eigenvalue weighted by molar-refractivity contribution is 14.0. The van der Waals surface area contributed by atoms with E-state index < -0.39 is 0 Å². The summed E-state index contributed by atoms with van der Waals surface area (Å²) in [5.41, 5.74) is 8.17. The van der Waals surface area contributed by atoms with Crippen LogP contribution < -0.4 is 11.1 Å². The molecule has 1 rings (SSSR count). The van der Waals surface area contributed by atoms with Crippen LogP contribution in [0.2, 0.25) is 0 Å². The summed E-state index contributed by atoms with van der Waals surface area (Å²) < 4.78 is 0. The van der Waals surface area contributed by atoms with E-state index in [9.17, 15) is 0 Å². The van der Waals surface area contributed by atoms with E-state index in [-0.39, 0.29) is 24.0 Å². The monoisotopic (exact) mass is 387 g/mol. The highest BCUT2D eigenvalue weighted by Gasteiger charge is 2.02. The second kappa shape index (κ2) is 10.7. The molecule has 0 amide bonds. The molecule has 1 aromatic carbocycles. The number of guanidine groups is 1. The van der Waals surface area contributed by atoms with Gasteiger partial charge in [0.15, 0.2) is 5.96 Å². The minimum absolute atomic E-state index is 0. The van der Waals surface area contributed by atoms with Gasteiger partial charge in [0.1, 0.15) is 0 Å². The Morgan fingerprint density at radius 3 is 2.55 bits per heavy atom. The van der Waals surface area contributed by atoms with Crippen molar-refractivity contribution >= 4 is 35.6 Å². The smallest absolute Gasteiger partial charge is 0.193 e. The van der Waals surface area contributed by atoms with Crippen LogP contribution in [0.3, 0.4) is 0 Å². The summed E-state index contributed by atoms with van der Waals surface area (Å²) in [6.45, 7) is 7.16. The molecule has 0 aliphatic rings. The second-order valence-corrected chi connectivity index (χ2v) is 4.68. The molecule has 0 radical (unpaired) electrons. The summed E-state index contributed by atoms with van der Waals surface area (Å²) in [4.78, 5) is 4.26. The van der Waals surface area contributed by atoms with E-state index in [0.29, 0.717) is 18.4 Å². The van der Waals surface area contributed by atoms with Crippen LogP contribution >= 0.6 is 24.0 Å². The molecule has 112 valence electrons. The van der Waals surface area contributed by atoms with Crippen LogP contribution in [-0.2, 0) is 0 Å². The van der Waals surface area contributed by atoms with Crippen molar-refractivity contribution in [3.05, 3.63) is 42.0 Å². The Hall–Kier alpha value is -1.04. The molecule has 0 aromatic heterocycles. The lowest BCUT2D eigenvalue weighted by molar-refractivity contribution is 0.734. The zero-order valence-electron chi connectivity index (χ0n) is 12.6. The molecule has 3 nitrogen and oxygen atoms in total. The molecule has 4 heteroatoms. The standard InChI is InChI=1S/C16H25N3.HI/c1-4-6-7-12-18-16(17)19-15-10-8-14(9-11-15)13(3)5-2;/h4,6,8-11,13H,5,7,12H2,1-3H3,(H3,17,18,19);1H/b6-4+;. The van der Waals surface area contributed by atoms with E-state index in [1.807, 2.05) is 13.0 Å². The fraction of sp³-hybridized carbons (Fsp3) is 0.438. The van der Waals surface area contributed by atoms with Gasteiger partial charge in [-0.15, -0.1) is 24.0 Å². The minimum Gasteiger partial charge on any atom is -0.370 e. The number of halogens is 1. The number of aliphatic imine (C=N–C) groups is 1. The molecule has 1 aromatic rings. The first-order valence-electron chi connectivity index (χ1n) is 6.95. The number of hydrogen-bond donors (Lipinski definition) is 2. The summed E-state index contributed by atoms with van der Waals surface area (Å²) in [6.07, 6.45) is 6.18. The van der Waals surface area contributed by atoms with Crippen LogP contribution in [0.25, 0.3) is 0 Å². The van der Waals surface area contributed by atoms with Gasteiger partial charge < -0.3 is 11.1 Å². The third-order valence-electron chi connectivity index (χ3n) is 3.18. The van der Waals surface area contributed by atoms with Crippen molar-refractivity contribution in [1.82, 2.24) is 0 Å². The molecule has 0 saturated carbocycles. The van der Waals surface area contributed by atoms with Crippen LogP contribution in [0.4, 0.5) is 5.69 Å². The van der Waals surface area contributed by atoms with E-state index in [4.69, 9.17) is 5.73 Å². The Labute approximate surface area is 139 Å². The van der Waals surface area contributed by atoms with Crippen molar-refractivity contribution in [3.8, 4) is 0 Å². The summed E-state index contributed by atoms with van der Waals surface area (Å²) in [5.74, 6) is 1.07. The maximum Gasteiger partial charge on any atom is 0.193 e. The lowest BCUT2D eigenvalue weighted by atomic mass is 9.99. The van der Waals surface area contributed by atoms with Crippen molar-refractivity contribution in [2.75, 3.05) is 11.9 Å². The molecular weight excluding hydrogens is 361 g/mol. The first-order chi connectivity index (χ1) is 9.17. The fourth-order valence-electron chi connectivity index (χ4n) is 1.74. The molecular formula is C16H26IN3. The van der Waals surface area contributed by atoms with E-state index in [1.54, 1.807) is 0 Å². The highest BCUT2D eigenvalue weighted by atomic mass is 127. The third kappa shape index (κ3) is 6.93. The Morgan fingerprint density at radius 1 is 1.35 bits per heavy atom. The molecule has 3 N–H and O–H groups in total. The number of nitrogens with zero attached hydrogens (tertiary/aromatic N) is 1. The Bertz CT molecular complexity index is 424. The summed E-state index contributed by atoms with van der Waals surface area (Å²) in [7, 11) is 0. The molecule has 1 atom stereocenters. The number of nitrogens with two attached hydrogens (primary N) is 1. The molecule has 1 unspecified atom stereocenters. The first-order valence-corrected chi connectivity index (χ1v) is 6.95. The van der Waals surface area contributed by atoms with Crippen LogP contribution in [-0.4, -0.2) is 12.5 Å². The average molecular weight is 387 g/mol. The van der Waals surface area contributed by atoms with E-state index in [0.717, 1.165) is 18.5 Å². The van der Waals surface area contributed by atoms with Crippen molar-refractivity contribution in [2.45, 2.75) is 39.5 Å². The van der Waals surface area contributed by atoms with Gasteiger partial charge in [-0.05, 0) is 43.4 Å². The van der Waals surface area contributed by atoms with Crippen molar-refractivity contribution in [3.63, 3.8) is 0 Å². The summed E-state index contributed by atoms with van der Waals surface area (Å²) >= 11 is 0. The SMILES string of the molecule is C/C=C/CCN=C(N)Nc1ccc(C(C)CC)cc1.I. The molecule has 0 aliphatic heterocycles. The van der Waals surface area contributed by atoms with Gasteiger partial charge in [0, 0.05) is 12.2 Å². The second-order valence-electron chi connectivity index (χ2n) is 4.68. The van der Waals surface area contributed by atoms with Crippen molar-refractivity contribution < 1.29 is 0 Å². The van der Waals surface area contributed by atoms with Crippen molar-refractivity contribution in [2.24, 2.45) is 10.7 Å². The maximum atomic E-state index is 5.83. The van der Waals surface area contributed by atoms with Gasteiger partial charge in [-0.25, -0.2) is 0 Å². The predicted molar refractivity (Wildman–Crippen MR) is 100 cm³/mol. The zero-order chi connectivity index (χ0) is 14.1. The van der Waals surface area contributed by atoms with E-state index >= 15 is 0 Å². The number of hydrogen-bond acceptors (Lipinski definition) is 1. The van der Waals surface area contributed by atoms with Gasteiger partial charge in [-0.2, -0.15) is 0 Å². The van der Waals surface area contributed by atoms with E-state index in [2.05, 4.69) is 54.5 Å². The average Bonchev–Trinajstić information content (AvgIpc) is 2.43. The summed E-state index contributed by atoms with van der Waals surface area (Å²) in [5, 5.41) is 3.11. The van der Waals surface area contributed by atoms with Crippen LogP contribution in [0.1, 0.15) is 45.1 Å². The molecule has 0 saturated heterocycles. The van der Waals surface area contributed by atoms with Gasteiger partial charge in [-0.1, -0.05) is 38.1 Å². The topological polar surface area (TPSA) is 50.4 Å². The lowest BCUT2D eigenvalue weighted by Crippen LogP contribution is -2.22. The first kappa shape index (κ1) is 19.0. The Morgan fingerprint density at radius 2 is 2.00 bits per heavy atom. The summed E-state index contributed by atoms with van der Waals surface area (Å²) in [6, 6.07) is 8.39. The number of rotatable bonds is 6. The van der Waals surface area contributed by atoms with Crippen LogP contribution in [0, 0.1) is 0 Å². The van der Waals surface area contributed by atoms with Gasteiger partial charge in [0.25, 0.3) is 0 Å². The molecule has 0 bridgehead atoms. The molecule has 20 heavy (non-hydrogen) atoms. The molecule has 0 heterocycles. The van der Waals surface area contributed by atoms with Crippen molar-refractivity contribution in [1.29, 1.82) is 0 Å². The number of benzene rings is 1. The molecule has 0 fully saturated rings. The number of allylic oxidation sites excluding steroid dienone is 1. The zero-order valence-corrected chi connectivity index (χ0v) is 14.9. The predicted octanol–water partition coefficient (Wildman–Crippen LogP) is 4.51. The highest BCUT2D eigenvalue weighted by Crippen LogP contribution is 2.20. The quantitative estimate of drug-likeness (QED) is 0.248. The van der Waals surface area contributed by atoms with Crippen LogP contribution in [0.5, 0.6) is 0 Å². The number of anilines is 1. The van der Waals surface area contributed by atoms with E-state index in [1.165, 1.54) is 5.56 Å². The minimum atomic E-state index is 0. The third-order valence-corrected chi connectivity index (χ3v) is 3.18. The number of nitrogens with one attached hydrogen (secondary N) is 1. The van der Waals surface area contributed by atoms with Gasteiger partial charge in [0.2, 0.25) is 0 Å². The lowest BCUT2D eigenvalue weighted by Gasteiger charge is -2.10. The fourth-order valence-corrected chi connectivity index (χ4v) is 1.74. The Kier molecular flexibility index (Phi) is 10.2. The Balaban J connectivity index is 0.00000361. The van der Waals surface area contributed by atoms with Crippen LogP contribution in [0.15, 0.2) is 41.4 Å². The van der Waals surface area contributed by atoms with Gasteiger partial charge >= 0.3 is 0 Å². The molecule has 0 aliphatic carbocycles. The van der Waals surface area contributed by atoms with Gasteiger partial charge in [-0.3, -0.25) is 4.99 Å². The largest absolute Gasteiger partial charge is 0.370 e. The van der Waals surface area contributed by atoms with Gasteiger partial charge in [0.05, 0.1) is 0 Å².